The molecular formula is C18H28FN. The Morgan fingerprint density at radius 3 is 2.30 bits per heavy atom. The number of halogens is 1. The molecule has 112 valence electrons. The Kier molecular flexibility index (Phi) is 4.53. The Bertz CT molecular complexity index is 434. The molecule has 0 radical (unpaired) electrons. The van der Waals surface area contributed by atoms with E-state index in [4.69, 9.17) is 0 Å². The summed E-state index contributed by atoms with van der Waals surface area (Å²) in [6.45, 7) is 10.3. The summed E-state index contributed by atoms with van der Waals surface area (Å²) in [6, 6.07) is 7.64. The van der Waals surface area contributed by atoms with Crippen LogP contribution in [-0.2, 0) is 6.42 Å². The van der Waals surface area contributed by atoms with E-state index < -0.39 is 0 Å². The maximum absolute atomic E-state index is 13.6. The molecule has 0 saturated heterocycles. The average molecular weight is 277 g/mol. The van der Waals surface area contributed by atoms with Crippen molar-refractivity contribution in [1.82, 2.24) is 5.32 Å². The zero-order valence-corrected chi connectivity index (χ0v) is 13.3. The van der Waals surface area contributed by atoms with Gasteiger partial charge in [0, 0.05) is 6.04 Å². The molecule has 0 unspecified atom stereocenters. The predicted octanol–water partition coefficient (Wildman–Crippen LogP) is 4.56. The molecule has 1 nitrogen and oxygen atoms in total. The molecule has 1 N–H and O–H groups in total. The lowest BCUT2D eigenvalue weighted by Crippen LogP contribution is -2.44. The van der Waals surface area contributed by atoms with Crippen LogP contribution in [0.1, 0.15) is 52.5 Å². The minimum Gasteiger partial charge on any atom is -0.314 e. The highest BCUT2D eigenvalue weighted by molar-refractivity contribution is 5.17. The van der Waals surface area contributed by atoms with E-state index in [2.05, 4.69) is 33.0 Å². The number of benzene rings is 1. The van der Waals surface area contributed by atoms with Gasteiger partial charge >= 0.3 is 0 Å². The summed E-state index contributed by atoms with van der Waals surface area (Å²) >= 11 is 0. The van der Waals surface area contributed by atoms with Crippen LogP contribution in [0.5, 0.6) is 0 Å². The molecule has 1 aliphatic rings. The molecule has 0 amide bonds. The lowest BCUT2D eigenvalue weighted by molar-refractivity contribution is 0.0854. The van der Waals surface area contributed by atoms with Crippen LogP contribution in [-0.4, -0.2) is 12.6 Å². The number of nitrogens with one attached hydrogen (secondary N) is 1. The van der Waals surface area contributed by atoms with Gasteiger partial charge in [-0.3, -0.25) is 0 Å². The summed E-state index contributed by atoms with van der Waals surface area (Å²) in [5, 5.41) is 3.64. The Labute approximate surface area is 123 Å². The van der Waals surface area contributed by atoms with Crippen molar-refractivity contribution in [3.8, 4) is 0 Å². The second-order valence-electron chi connectivity index (χ2n) is 7.91. The first-order chi connectivity index (χ1) is 9.27. The fourth-order valence-electron chi connectivity index (χ4n) is 4.10. The first-order valence-corrected chi connectivity index (χ1v) is 7.74. The van der Waals surface area contributed by atoms with Crippen molar-refractivity contribution in [3.63, 3.8) is 0 Å². The van der Waals surface area contributed by atoms with Crippen molar-refractivity contribution in [2.24, 2.45) is 10.8 Å². The lowest BCUT2D eigenvalue weighted by Gasteiger charge is -2.45. The zero-order chi connectivity index (χ0) is 14.8. The third-order valence-corrected chi connectivity index (χ3v) is 4.34. The molecular weight excluding hydrogens is 249 g/mol. The van der Waals surface area contributed by atoms with Gasteiger partial charge in [0.15, 0.2) is 0 Å². The number of rotatable bonds is 4. The van der Waals surface area contributed by atoms with Crippen LogP contribution in [0.3, 0.4) is 0 Å². The number of hydrogen-bond acceptors (Lipinski definition) is 1. The Hall–Kier alpha value is -0.890. The van der Waals surface area contributed by atoms with E-state index in [1.165, 1.54) is 19.3 Å². The summed E-state index contributed by atoms with van der Waals surface area (Å²) in [5.41, 5.74) is 1.61. The van der Waals surface area contributed by atoms with Crippen LogP contribution in [0.2, 0.25) is 0 Å². The molecule has 0 bridgehead atoms. The minimum atomic E-state index is -0.0846. The van der Waals surface area contributed by atoms with E-state index in [9.17, 15) is 4.39 Å². The monoisotopic (exact) mass is 277 g/mol. The summed E-state index contributed by atoms with van der Waals surface area (Å²) in [7, 11) is 0. The molecule has 1 saturated carbocycles. The van der Waals surface area contributed by atoms with Gasteiger partial charge in [0.2, 0.25) is 0 Å². The molecule has 0 heterocycles. The number of hydrogen-bond donors (Lipinski definition) is 1. The van der Waals surface area contributed by atoms with Gasteiger partial charge in [0.1, 0.15) is 5.82 Å². The van der Waals surface area contributed by atoms with Gasteiger partial charge in [-0.05, 0) is 54.7 Å². The first kappa shape index (κ1) is 15.5. The molecule has 1 aliphatic carbocycles. The van der Waals surface area contributed by atoms with E-state index in [-0.39, 0.29) is 5.82 Å². The molecule has 0 atom stereocenters. The second-order valence-corrected chi connectivity index (χ2v) is 7.91. The van der Waals surface area contributed by atoms with E-state index >= 15 is 0 Å². The van der Waals surface area contributed by atoms with Crippen molar-refractivity contribution in [3.05, 3.63) is 35.6 Å². The van der Waals surface area contributed by atoms with Gasteiger partial charge in [0.05, 0.1) is 0 Å². The molecule has 2 heteroatoms. The summed E-state index contributed by atoms with van der Waals surface area (Å²) in [6.07, 6.45) is 4.48. The zero-order valence-electron chi connectivity index (χ0n) is 13.3. The normalized spacial score (nSPS) is 21.9. The average Bonchev–Trinajstić information content (AvgIpc) is 2.27. The molecule has 0 aromatic heterocycles. The SMILES string of the molecule is CC1(C)CC(NCCc2ccccc2F)CC(C)(C)C1. The molecule has 2 rings (SSSR count). The van der Waals surface area contributed by atoms with Crippen molar-refractivity contribution in [2.45, 2.75) is 59.4 Å². The van der Waals surface area contributed by atoms with Gasteiger partial charge in [0.25, 0.3) is 0 Å². The standard InChI is InChI=1S/C18H28FN/c1-17(2)11-15(12-18(3,4)13-17)20-10-9-14-7-5-6-8-16(14)19/h5-8,15,20H,9-13H2,1-4H3. The van der Waals surface area contributed by atoms with Crippen molar-refractivity contribution < 1.29 is 4.39 Å². The minimum absolute atomic E-state index is 0.0846. The van der Waals surface area contributed by atoms with Crippen LogP contribution in [0.25, 0.3) is 0 Å². The molecule has 1 fully saturated rings. The van der Waals surface area contributed by atoms with Crippen molar-refractivity contribution in [1.29, 1.82) is 0 Å². The summed E-state index contributed by atoms with van der Waals surface area (Å²) in [5.74, 6) is -0.0846. The molecule has 0 aliphatic heterocycles. The van der Waals surface area contributed by atoms with Crippen molar-refractivity contribution >= 4 is 0 Å². The maximum Gasteiger partial charge on any atom is 0.126 e. The van der Waals surface area contributed by atoms with Gasteiger partial charge in [-0.1, -0.05) is 45.9 Å². The van der Waals surface area contributed by atoms with Gasteiger partial charge < -0.3 is 5.32 Å². The Morgan fingerprint density at radius 1 is 1.10 bits per heavy atom. The topological polar surface area (TPSA) is 12.0 Å². The second kappa shape index (κ2) is 5.85. The molecule has 20 heavy (non-hydrogen) atoms. The Balaban J connectivity index is 1.86. The van der Waals surface area contributed by atoms with Crippen LogP contribution >= 0.6 is 0 Å². The fourth-order valence-corrected chi connectivity index (χ4v) is 4.10. The van der Waals surface area contributed by atoms with Gasteiger partial charge in [-0.15, -0.1) is 0 Å². The summed E-state index contributed by atoms with van der Waals surface area (Å²) < 4.78 is 13.6. The van der Waals surface area contributed by atoms with Crippen LogP contribution in [0.15, 0.2) is 24.3 Å². The van der Waals surface area contributed by atoms with E-state index in [1.54, 1.807) is 12.1 Å². The molecule has 1 aromatic rings. The highest BCUT2D eigenvalue weighted by Crippen LogP contribution is 2.45. The predicted molar refractivity (Wildman–Crippen MR) is 83.3 cm³/mol. The molecule has 0 spiro atoms. The van der Waals surface area contributed by atoms with Gasteiger partial charge in [-0.25, -0.2) is 4.39 Å². The van der Waals surface area contributed by atoms with Crippen LogP contribution in [0.4, 0.5) is 4.39 Å². The van der Waals surface area contributed by atoms with Crippen molar-refractivity contribution in [2.75, 3.05) is 6.54 Å². The van der Waals surface area contributed by atoms with E-state index in [0.717, 1.165) is 18.5 Å². The first-order valence-electron chi connectivity index (χ1n) is 7.74. The third-order valence-electron chi connectivity index (χ3n) is 4.34. The fraction of sp³-hybridized carbons (Fsp3) is 0.667. The van der Waals surface area contributed by atoms with Crippen LogP contribution in [0, 0.1) is 16.6 Å². The quantitative estimate of drug-likeness (QED) is 0.850. The highest BCUT2D eigenvalue weighted by atomic mass is 19.1. The third kappa shape index (κ3) is 4.31. The van der Waals surface area contributed by atoms with E-state index in [1.807, 2.05) is 12.1 Å². The summed E-state index contributed by atoms with van der Waals surface area (Å²) in [4.78, 5) is 0. The maximum atomic E-state index is 13.6. The smallest absolute Gasteiger partial charge is 0.126 e. The lowest BCUT2D eigenvalue weighted by atomic mass is 9.63. The Morgan fingerprint density at radius 2 is 1.70 bits per heavy atom. The highest BCUT2D eigenvalue weighted by Gasteiger charge is 2.37. The van der Waals surface area contributed by atoms with E-state index in [0.29, 0.717) is 16.9 Å². The molecule has 1 aromatic carbocycles. The van der Waals surface area contributed by atoms with Gasteiger partial charge in [-0.2, -0.15) is 0 Å². The largest absolute Gasteiger partial charge is 0.314 e. The van der Waals surface area contributed by atoms with Crippen LogP contribution < -0.4 is 5.32 Å².